The van der Waals surface area contributed by atoms with Crippen molar-refractivity contribution in [1.29, 1.82) is 0 Å². The van der Waals surface area contributed by atoms with E-state index in [0.717, 1.165) is 38.1 Å². The minimum atomic E-state index is 0.297. The smallest absolute Gasteiger partial charge is 0.123 e. The molecule has 3 heteroatoms. The molecule has 1 aliphatic heterocycles. The van der Waals surface area contributed by atoms with Crippen LogP contribution in [0, 0.1) is 0 Å². The van der Waals surface area contributed by atoms with Gasteiger partial charge in [0.05, 0.1) is 0 Å². The van der Waals surface area contributed by atoms with E-state index in [1.807, 2.05) is 24.5 Å². The maximum absolute atomic E-state index is 5.99. The van der Waals surface area contributed by atoms with E-state index in [-0.39, 0.29) is 0 Å². The molecular weight excluding hydrogens is 260 g/mol. The summed E-state index contributed by atoms with van der Waals surface area (Å²) in [5.74, 6) is 1.06. The van der Waals surface area contributed by atoms with Gasteiger partial charge in [-0.1, -0.05) is 24.3 Å². The Morgan fingerprint density at radius 1 is 1.24 bits per heavy atom. The minimum absolute atomic E-state index is 0.297. The lowest BCUT2D eigenvalue weighted by atomic mass is 10.1. The topological polar surface area (TPSA) is 25.4 Å². The van der Waals surface area contributed by atoms with E-state index >= 15 is 0 Å². The first kappa shape index (κ1) is 14.1. The van der Waals surface area contributed by atoms with Gasteiger partial charge in [-0.15, -0.1) is 0 Å². The normalized spacial score (nSPS) is 16.8. The van der Waals surface area contributed by atoms with Crippen LogP contribution in [0.2, 0.25) is 0 Å². The fourth-order valence-corrected chi connectivity index (χ4v) is 2.89. The van der Waals surface area contributed by atoms with Gasteiger partial charge in [-0.2, -0.15) is 0 Å². The Kier molecular flexibility index (Phi) is 4.51. The average molecular weight is 282 g/mol. The van der Waals surface area contributed by atoms with E-state index in [9.17, 15) is 0 Å². The minimum Gasteiger partial charge on any atom is -0.488 e. The van der Waals surface area contributed by atoms with Gasteiger partial charge in [0.2, 0.25) is 0 Å². The van der Waals surface area contributed by atoms with Crippen LogP contribution < -0.4 is 4.74 Å². The molecule has 1 aromatic carbocycles. The Morgan fingerprint density at radius 2 is 2.14 bits per heavy atom. The summed E-state index contributed by atoms with van der Waals surface area (Å²) in [4.78, 5) is 6.52. The third-order valence-corrected chi connectivity index (χ3v) is 3.96. The number of hydrogen-bond donors (Lipinski definition) is 0. The molecule has 1 aromatic heterocycles. The summed E-state index contributed by atoms with van der Waals surface area (Å²) in [7, 11) is 2.18. The average Bonchev–Trinajstić information content (AvgIpc) is 2.90. The molecule has 21 heavy (non-hydrogen) atoms. The number of benzene rings is 1. The van der Waals surface area contributed by atoms with Crippen LogP contribution >= 0.6 is 0 Å². The fourth-order valence-electron chi connectivity index (χ4n) is 2.89. The standard InChI is InChI=1S/C18H22N2O/c1-20(11-5-7-15-6-4-10-19-13-15)14-17-12-16-8-2-3-9-18(16)21-17/h2-4,6,8-10,13,17H,5,7,11-12,14H2,1H3. The van der Waals surface area contributed by atoms with Crippen molar-refractivity contribution in [2.45, 2.75) is 25.4 Å². The summed E-state index contributed by atoms with van der Waals surface area (Å²) in [5, 5.41) is 0. The van der Waals surface area contributed by atoms with Gasteiger partial charge < -0.3 is 9.64 Å². The number of aryl methyl sites for hydroxylation is 1. The Labute approximate surface area is 126 Å². The highest BCUT2D eigenvalue weighted by Gasteiger charge is 2.23. The van der Waals surface area contributed by atoms with Crippen molar-refractivity contribution in [1.82, 2.24) is 9.88 Å². The van der Waals surface area contributed by atoms with Crippen molar-refractivity contribution in [3.8, 4) is 5.75 Å². The highest BCUT2D eigenvalue weighted by Crippen LogP contribution is 2.28. The fraction of sp³-hybridized carbons (Fsp3) is 0.389. The molecular formula is C18H22N2O. The maximum Gasteiger partial charge on any atom is 0.123 e. The Morgan fingerprint density at radius 3 is 2.95 bits per heavy atom. The van der Waals surface area contributed by atoms with Gasteiger partial charge in [-0.05, 0) is 49.7 Å². The number of pyridine rings is 1. The molecule has 1 unspecified atom stereocenters. The third-order valence-electron chi connectivity index (χ3n) is 3.96. The van der Waals surface area contributed by atoms with Crippen molar-refractivity contribution in [3.63, 3.8) is 0 Å². The Balaban J connectivity index is 1.40. The van der Waals surface area contributed by atoms with Crippen LogP contribution in [0.4, 0.5) is 0 Å². The maximum atomic E-state index is 5.99. The number of rotatable bonds is 6. The second-order valence-corrected chi connectivity index (χ2v) is 5.78. The monoisotopic (exact) mass is 282 g/mol. The lowest BCUT2D eigenvalue weighted by molar-refractivity contribution is 0.168. The summed E-state index contributed by atoms with van der Waals surface area (Å²) in [5.41, 5.74) is 2.65. The van der Waals surface area contributed by atoms with Gasteiger partial charge in [-0.25, -0.2) is 0 Å². The zero-order valence-electron chi connectivity index (χ0n) is 12.5. The molecule has 0 spiro atoms. The third kappa shape index (κ3) is 3.82. The Hall–Kier alpha value is -1.87. The number of para-hydroxylation sites is 1. The van der Waals surface area contributed by atoms with E-state index in [2.05, 4.69) is 41.2 Å². The molecule has 2 aromatic rings. The second kappa shape index (κ2) is 6.72. The molecule has 0 amide bonds. The molecule has 0 saturated heterocycles. The lowest BCUT2D eigenvalue weighted by Gasteiger charge is -2.20. The van der Waals surface area contributed by atoms with Crippen LogP contribution in [0.25, 0.3) is 0 Å². The van der Waals surface area contributed by atoms with E-state index < -0.39 is 0 Å². The highest BCUT2D eigenvalue weighted by molar-refractivity contribution is 5.37. The van der Waals surface area contributed by atoms with E-state index in [1.165, 1.54) is 11.1 Å². The van der Waals surface area contributed by atoms with Crippen LogP contribution in [0.5, 0.6) is 5.75 Å². The molecule has 0 radical (unpaired) electrons. The van der Waals surface area contributed by atoms with E-state index in [1.54, 1.807) is 0 Å². The summed E-state index contributed by atoms with van der Waals surface area (Å²) in [6.45, 7) is 2.08. The number of aromatic nitrogens is 1. The predicted molar refractivity (Wildman–Crippen MR) is 84.6 cm³/mol. The first-order valence-corrected chi connectivity index (χ1v) is 7.63. The molecule has 0 bridgehead atoms. The zero-order valence-corrected chi connectivity index (χ0v) is 12.5. The number of likely N-dealkylation sites (N-methyl/N-ethyl adjacent to an activating group) is 1. The largest absolute Gasteiger partial charge is 0.488 e. The van der Waals surface area contributed by atoms with Crippen molar-refractivity contribution in [3.05, 3.63) is 59.9 Å². The van der Waals surface area contributed by atoms with Gasteiger partial charge in [0.15, 0.2) is 0 Å². The Bertz CT molecular complexity index is 545. The van der Waals surface area contributed by atoms with Crippen LogP contribution in [-0.2, 0) is 12.8 Å². The number of nitrogens with zero attached hydrogens (tertiary/aromatic N) is 2. The first-order valence-electron chi connectivity index (χ1n) is 7.63. The predicted octanol–water partition coefficient (Wildman–Crippen LogP) is 2.95. The highest BCUT2D eigenvalue weighted by atomic mass is 16.5. The van der Waals surface area contributed by atoms with Gasteiger partial charge in [0.25, 0.3) is 0 Å². The first-order chi connectivity index (χ1) is 10.3. The molecule has 0 N–H and O–H groups in total. The molecule has 3 nitrogen and oxygen atoms in total. The van der Waals surface area contributed by atoms with E-state index in [0.29, 0.717) is 6.10 Å². The lowest BCUT2D eigenvalue weighted by Crippen LogP contribution is -2.32. The van der Waals surface area contributed by atoms with Crippen LogP contribution in [-0.4, -0.2) is 36.1 Å². The zero-order chi connectivity index (χ0) is 14.5. The molecule has 2 heterocycles. The van der Waals surface area contributed by atoms with Crippen molar-refractivity contribution >= 4 is 0 Å². The molecule has 1 atom stereocenters. The second-order valence-electron chi connectivity index (χ2n) is 5.78. The van der Waals surface area contributed by atoms with Crippen LogP contribution in [0.15, 0.2) is 48.8 Å². The van der Waals surface area contributed by atoms with Crippen molar-refractivity contribution < 1.29 is 4.74 Å². The summed E-state index contributed by atoms with van der Waals surface area (Å²) >= 11 is 0. The van der Waals surface area contributed by atoms with Gasteiger partial charge >= 0.3 is 0 Å². The molecule has 0 saturated carbocycles. The van der Waals surface area contributed by atoms with Crippen LogP contribution in [0.1, 0.15) is 17.5 Å². The van der Waals surface area contributed by atoms with Gasteiger partial charge in [0.1, 0.15) is 11.9 Å². The SMILES string of the molecule is CN(CCCc1cccnc1)CC1Cc2ccccc2O1. The molecule has 3 rings (SSSR count). The quantitative estimate of drug-likeness (QED) is 0.814. The summed E-state index contributed by atoms with van der Waals surface area (Å²) in [6.07, 6.45) is 7.35. The summed E-state index contributed by atoms with van der Waals surface area (Å²) < 4.78 is 5.99. The van der Waals surface area contributed by atoms with E-state index in [4.69, 9.17) is 4.74 Å². The molecule has 0 fully saturated rings. The number of fused-ring (bicyclic) bond motifs is 1. The van der Waals surface area contributed by atoms with Gasteiger partial charge in [0, 0.05) is 25.4 Å². The van der Waals surface area contributed by atoms with Gasteiger partial charge in [-0.3, -0.25) is 4.98 Å². The van der Waals surface area contributed by atoms with Crippen LogP contribution in [0.3, 0.4) is 0 Å². The molecule has 0 aliphatic carbocycles. The van der Waals surface area contributed by atoms with Crippen molar-refractivity contribution in [2.24, 2.45) is 0 Å². The molecule has 1 aliphatic rings. The summed E-state index contributed by atoms with van der Waals surface area (Å²) in [6, 6.07) is 12.5. The number of ether oxygens (including phenoxy) is 1. The molecule has 110 valence electrons. The number of hydrogen-bond acceptors (Lipinski definition) is 3. The van der Waals surface area contributed by atoms with Crippen molar-refractivity contribution in [2.75, 3.05) is 20.1 Å².